The van der Waals surface area contributed by atoms with Gasteiger partial charge in [-0.1, -0.05) is 47.3 Å². The van der Waals surface area contributed by atoms with E-state index in [1.165, 1.54) is 32.1 Å². The second-order valence-corrected chi connectivity index (χ2v) is 7.43. The monoisotopic (exact) mass is 349 g/mol. The number of halogens is 1. The number of Topliss-reactive ketones (excluding diaryl/α,β-unsaturated/α-hetero) is 1. The number of ketones is 1. The van der Waals surface area contributed by atoms with Gasteiger partial charge in [0.25, 0.3) is 0 Å². The molecule has 0 aromatic heterocycles. The molecule has 0 radical (unpaired) electrons. The standard InChI is InChI=1S/C18H24BrNO/c19-16-8-6-7-15(13-16)14-17(21)18(9-2-3-10-18)20-11-4-1-5-12-20/h6-8,13H,1-5,9-12,14H2. The van der Waals surface area contributed by atoms with Crippen molar-refractivity contribution in [3.63, 3.8) is 0 Å². The average molecular weight is 350 g/mol. The van der Waals surface area contributed by atoms with Crippen LogP contribution in [0.3, 0.4) is 0 Å². The third kappa shape index (κ3) is 3.24. The van der Waals surface area contributed by atoms with Crippen molar-refractivity contribution in [3.05, 3.63) is 34.3 Å². The third-order valence-corrected chi connectivity index (χ3v) is 5.66. The second-order valence-electron chi connectivity index (χ2n) is 6.52. The van der Waals surface area contributed by atoms with Crippen molar-refractivity contribution < 1.29 is 4.79 Å². The summed E-state index contributed by atoms with van der Waals surface area (Å²) in [5.74, 6) is 0.444. The molecule has 1 aromatic carbocycles. The van der Waals surface area contributed by atoms with Crippen molar-refractivity contribution in [1.29, 1.82) is 0 Å². The van der Waals surface area contributed by atoms with Crippen LogP contribution < -0.4 is 0 Å². The van der Waals surface area contributed by atoms with Crippen molar-refractivity contribution >= 4 is 21.7 Å². The normalized spacial score (nSPS) is 22.3. The number of piperidine rings is 1. The van der Waals surface area contributed by atoms with Crippen LogP contribution in [-0.2, 0) is 11.2 Å². The molecule has 0 spiro atoms. The summed E-state index contributed by atoms with van der Waals surface area (Å²) in [7, 11) is 0. The van der Waals surface area contributed by atoms with Crippen LogP contribution in [0.15, 0.2) is 28.7 Å². The molecule has 1 aromatic rings. The molecule has 2 aliphatic rings. The van der Waals surface area contributed by atoms with Gasteiger partial charge in [0.1, 0.15) is 0 Å². The maximum atomic E-state index is 13.1. The Morgan fingerprint density at radius 2 is 1.81 bits per heavy atom. The lowest BCUT2D eigenvalue weighted by Crippen LogP contribution is -2.55. The van der Waals surface area contributed by atoms with Crippen LogP contribution in [0, 0.1) is 0 Å². The predicted octanol–water partition coefficient (Wildman–Crippen LogP) is 4.36. The highest BCUT2D eigenvalue weighted by Crippen LogP contribution is 2.38. The van der Waals surface area contributed by atoms with Gasteiger partial charge < -0.3 is 0 Å². The van der Waals surface area contributed by atoms with E-state index in [4.69, 9.17) is 0 Å². The first-order valence-corrected chi connectivity index (χ1v) is 9.03. The lowest BCUT2D eigenvalue weighted by molar-refractivity contribution is -0.131. The molecule has 1 saturated heterocycles. The fourth-order valence-electron chi connectivity index (χ4n) is 4.05. The van der Waals surface area contributed by atoms with Gasteiger partial charge in [0, 0.05) is 10.9 Å². The summed E-state index contributed by atoms with van der Waals surface area (Å²) in [6.07, 6.45) is 8.97. The SMILES string of the molecule is O=C(Cc1cccc(Br)c1)C1(N2CCCCC2)CCCC1. The van der Waals surface area contributed by atoms with Gasteiger partial charge in [0.15, 0.2) is 5.78 Å². The first-order valence-electron chi connectivity index (χ1n) is 8.23. The van der Waals surface area contributed by atoms with E-state index in [2.05, 4.69) is 33.0 Å². The lowest BCUT2D eigenvalue weighted by atomic mass is 9.85. The molecule has 0 unspecified atom stereocenters. The van der Waals surface area contributed by atoms with Crippen molar-refractivity contribution in [2.45, 2.75) is 56.9 Å². The van der Waals surface area contributed by atoms with E-state index in [0.717, 1.165) is 36.0 Å². The molecular formula is C18H24BrNO. The van der Waals surface area contributed by atoms with Gasteiger partial charge in [0.2, 0.25) is 0 Å². The van der Waals surface area contributed by atoms with Crippen LogP contribution in [0.4, 0.5) is 0 Å². The number of rotatable bonds is 4. The molecule has 1 aliphatic heterocycles. The molecular weight excluding hydrogens is 326 g/mol. The van der Waals surface area contributed by atoms with Gasteiger partial charge in [-0.05, 0) is 56.5 Å². The molecule has 3 rings (SSSR count). The molecule has 114 valence electrons. The van der Waals surface area contributed by atoms with E-state index in [0.29, 0.717) is 12.2 Å². The Bertz CT molecular complexity index is 502. The average Bonchev–Trinajstić information content (AvgIpc) is 2.99. The minimum absolute atomic E-state index is 0.150. The summed E-state index contributed by atoms with van der Waals surface area (Å²) < 4.78 is 1.06. The molecule has 3 heteroatoms. The molecule has 0 N–H and O–H groups in total. The molecule has 1 heterocycles. The molecule has 2 nitrogen and oxygen atoms in total. The quantitative estimate of drug-likeness (QED) is 0.804. The van der Waals surface area contributed by atoms with Crippen LogP contribution in [0.2, 0.25) is 0 Å². The maximum Gasteiger partial charge on any atom is 0.157 e. The first-order chi connectivity index (χ1) is 10.2. The van der Waals surface area contributed by atoms with E-state index >= 15 is 0 Å². The smallest absolute Gasteiger partial charge is 0.157 e. The minimum atomic E-state index is -0.150. The third-order valence-electron chi connectivity index (χ3n) is 5.16. The number of benzene rings is 1. The van der Waals surface area contributed by atoms with Crippen molar-refractivity contribution in [1.82, 2.24) is 4.90 Å². The fourth-order valence-corrected chi connectivity index (χ4v) is 4.50. The maximum absolute atomic E-state index is 13.1. The first kappa shape index (κ1) is 15.2. The Labute approximate surface area is 136 Å². The predicted molar refractivity (Wildman–Crippen MR) is 89.5 cm³/mol. The van der Waals surface area contributed by atoms with Gasteiger partial charge in [-0.15, -0.1) is 0 Å². The number of hydrogen-bond acceptors (Lipinski definition) is 2. The van der Waals surface area contributed by atoms with Crippen LogP contribution in [0.1, 0.15) is 50.5 Å². The summed E-state index contributed by atoms with van der Waals surface area (Å²) >= 11 is 3.50. The highest BCUT2D eigenvalue weighted by molar-refractivity contribution is 9.10. The molecule has 1 aliphatic carbocycles. The van der Waals surface area contributed by atoms with Gasteiger partial charge >= 0.3 is 0 Å². The fraction of sp³-hybridized carbons (Fsp3) is 0.611. The largest absolute Gasteiger partial charge is 0.297 e. The van der Waals surface area contributed by atoms with Gasteiger partial charge in [-0.3, -0.25) is 9.69 Å². The van der Waals surface area contributed by atoms with Crippen molar-refractivity contribution in [2.75, 3.05) is 13.1 Å². The summed E-state index contributed by atoms with van der Waals surface area (Å²) in [6, 6.07) is 8.19. The Morgan fingerprint density at radius 1 is 1.10 bits per heavy atom. The Kier molecular flexibility index (Phi) is 4.80. The van der Waals surface area contributed by atoms with E-state index in [1.54, 1.807) is 0 Å². The highest BCUT2D eigenvalue weighted by Gasteiger charge is 2.45. The number of nitrogens with zero attached hydrogens (tertiary/aromatic N) is 1. The van der Waals surface area contributed by atoms with E-state index < -0.39 is 0 Å². The summed E-state index contributed by atoms with van der Waals surface area (Å²) in [5, 5.41) is 0. The zero-order chi connectivity index (χ0) is 14.7. The number of carbonyl (C=O) groups excluding carboxylic acids is 1. The minimum Gasteiger partial charge on any atom is -0.297 e. The molecule has 0 atom stereocenters. The molecule has 21 heavy (non-hydrogen) atoms. The van der Waals surface area contributed by atoms with E-state index in [-0.39, 0.29) is 5.54 Å². The Balaban J connectivity index is 1.78. The van der Waals surface area contributed by atoms with Gasteiger partial charge in [0.05, 0.1) is 5.54 Å². The Hall–Kier alpha value is -0.670. The van der Waals surface area contributed by atoms with Crippen molar-refractivity contribution in [3.8, 4) is 0 Å². The number of likely N-dealkylation sites (tertiary alicyclic amines) is 1. The van der Waals surface area contributed by atoms with Gasteiger partial charge in [-0.2, -0.15) is 0 Å². The zero-order valence-electron chi connectivity index (χ0n) is 12.6. The molecule has 2 fully saturated rings. The van der Waals surface area contributed by atoms with Gasteiger partial charge in [-0.25, -0.2) is 0 Å². The molecule has 1 saturated carbocycles. The Morgan fingerprint density at radius 3 is 2.48 bits per heavy atom. The number of hydrogen-bond donors (Lipinski definition) is 0. The second kappa shape index (κ2) is 6.62. The summed E-state index contributed by atoms with van der Waals surface area (Å²) in [6.45, 7) is 2.23. The van der Waals surface area contributed by atoms with Crippen LogP contribution in [0.5, 0.6) is 0 Å². The molecule has 0 bridgehead atoms. The molecule has 0 amide bonds. The topological polar surface area (TPSA) is 20.3 Å². The highest BCUT2D eigenvalue weighted by atomic mass is 79.9. The van der Waals surface area contributed by atoms with E-state index in [1.807, 2.05) is 12.1 Å². The van der Waals surface area contributed by atoms with E-state index in [9.17, 15) is 4.79 Å². The van der Waals surface area contributed by atoms with Crippen LogP contribution in [0.25, 0.3) is 0 Å². The lowest BCUT2D eigenvalue weighted by Gasteiger charge is -2.42. The number of carbonyl (C=O) groups is 1. The van der Waals surface area contributed by atoms with Crippen molar-refractivity contribution in [2.24, 2.45) is 0 Å². The summed E-state index contributed by atoms with van der Waals surface area (Å²) in [5.41, 5.74) is 0.987. The van der Waals surface area contributed by atoms with Crippen LogP contribution >= 0.6 is 15.9 Å². The zero-order valence-corrected chi connectivity index (χ0v) is 14.2. The summed E-state index contributed by atoms with van der Waals surface area (Å²) in [4.78, 5) is 15.6. The van der Waals surface area contributed by atoms with Crippen LogP contribution in [-0.4, -0.2) is 29.3 Å².